The summed E-state index contributed by atoms with van der Waals surface area (Å²) in [4.78, 5) is 25.9. The Kier molecular flexibility index (Phi) is 5.96. The highest BCUT2D eigenvalue weighted by molar-refractivity contribution is 5.79. The quantitative estimate of drug-likeness (QED) is 0.320. The number of imidazole rings is 1. The predicted molar refractivity (Wildman–Crippen MR) is 132 cm³/mol. The van der Waals surface area contributed by atoms with E-state index in [1.807, 2.05) is 61.5 Å². The maximum absolute atomic E-state index is 13.1. The SMILES string of the molecule is CCOCCn1c2c(=O)n(C)c(=O)n(C)c2n2c(-c3ccc(OCc4ccccc4)cc3)nnc12. The molecule has 3 aromatic heterocycles. The van der Waals surface area contributed by atoms with Gasteiger partial charge < -0.3 is 14.0 Å². The van der Waals surface area contributed by atoms with Crippen molar-refractivity contribution < 1.29 is 9.47 Å². The van der Waals surface area contributed by atoms with Gasteiger partial charge in [0.1, 0.15) is 12.4 Å². The molecule has 0 radical (unpaired) electrons. The standard InChI is InChI=1S/C25H26N6O4/c1-4-34-15-14-30-20-22(28(2)25(33)29(3)23(20)32)31-21(26-27-24(30)31)18-10-12-19(13-11-18)35-16-17-8-6-5-7-9-17/h5-13H,4,14-16H2,1-3H3. The molecule has 3 heterocycles. The molecular weight excluding hydrogens is 448 g/mol. The first-order valence-corrected chi connectivity index (χ1v) is 11.4. The summed E-state index contributed by atoms with van der Waals surface area (Å²) >= 11 is 0. The topological polar surface area (TPSA) is 97.6 Å². The minimum absolute atomic E-state index is 0.378. The zero-order valence-corrected chi connectivity index (χ0v) is 19.8. The highest BCUT2D eigenvalue weighted by Crippen LogP contribution is 2.26. The van der Waals surface area contributed by atoms with E-state index < -0.39 is 5.69 Å². The summed E-state index contributed by atoms with van der Waals surface area (Å²) in [7, 11) is 3.11. The molecule has 0 aliphatic heterocycles. The Bertz CT molecular complexity index is 1610. The molecule has 0 saturated carbocycles. The van der Waals surface area contributed by atoms with Crippen LogP contribution in [0.3, 0.4) is 0 Å². The molecule has 5 rings (SSSR count). The van der Waals surface area contributed by atoms with E-state index >= 15 is 0 Å². The van der Waals surface area contributed by atoms with Crippen LogP contribution in [0.15, 0.2) is 64.2 Å². The number of fused-ring (bicyclic) bond motifs is 3. The van der Waals surface area contributed by atoms with Gasteiger partial charge in [-0.15, -0.1) is 10.2 Å². The van der Waals surface area contributed by atoms with Crippen molar-refractivity contribution in [1.29, 1.82) is 0 Å². The molecule has 0 amide bonds. The van der Waals surface area contributed by atoms with Crippen LogP contribution < -0.4 is 16.0 Å². The van der Waals surface area contributed by atoms with E-state index in [9.17, 15) is 9.59 Å². The van der Waals surface area contributed by atoms with Crippen LogP contribution in [-0.2, 0) is 32.0 Å². The maximum Gasteiger partial charge on any atom is 0.332 e. The Morgan fingerprint density at radius 3 is 2.37 bits per heavy atom. The molecule has 0 bridgehead atoms. The molecule has 2 aromatic carbocycles. The number of nitrogens with zero attached hydrogens (tertiary/aromatic N) is 6. The van der Waals surface area contributed by atoms with Gasteiger partial charge in [0, 0.05) is 32.8 Å². The molecule has 0 unspecified atom stereocenters. The van der Waals surface area contributed by atoms with Crippen molar-refractivity contribution in [2.75, 3.05) is 13.2 Å². The third kappa shape index (κ3) is 3.91. The third-order valence-corrected chi connectivity index (χ3v) is 6.00. The Morgan fingerprint density at radius 2 is 1.66 bits per heavy atom. The van der Waals surface area contributed by atoms with E-state index in [0.29, 0.717) is 49.1 Å². The molecule has 0 aliphatic carbocycles. The largest absolute Gasteiger partial charge is 0.489 e. The van der Waals surface area contributed by atoms with Crippen LogP contribution in [0.5, 0.6) is 5.75 Å². The number of hydrogen-bond acceptors (Lipinski definition) is 6. The monoisotopic (exact) mass is 474 g/mol. The highest BCUT2D eigenvalue weighted by atomic mass is 16.5. The summed E-state index contributed by atoms with van der Waals surface area (Å²) in [6.07, 6.45) is 0. The Morgan fingerprint density at radius 1 is 0.914 bits per heavy atom. The van der Waals surface area contributed by atoms with Crippen molar-refractivity contribution in [2.24, 2.45) is 14.1 Å². The van der Waals surface area contributed by atoms with E-state index in [2.05, 4.69) is 10.2 Å². The van der Waals surface area contributed by atoms with E-state index in [4.69, 9.17) is 9.47 Å². The lowest BCUT2D eigenvalue weighted by Gasteiger charge is -2.08. The highest BCUT2D eigenvalue weighted by Gasteiger charge is 2.23. The fourth-order valence-electron chi connectivity index (χ4n) is 4.19. The molecular formula is C25H26N6O4. The van der Waals surface area contributed by atoms with Crippen LogP contribution in [0.25, 0.3) is 28.3 Å². The minimum atomic E-state index is -0.421. The summed E-state index contributed by atoms with van der Waals surface area (Å²) in [6, 6.07) is 17.5. The Balaban J connectivity index is 1.59. The van der Waals surface area contributed by atoms with Crippen molar-refractivity contribution in [3.8, 4) is 17.1 Å². The summed E-state index contributed by atoms with van der Waals surface area (Å²) in [5, 5.41) is 8.77. The fraction of sp³-hybridized carbons (Fsp3) is 0.280. The number of rotatable bonds is 8. The maximum atomic E-state index is 13.1. The number of aromatic nitrogens is 6. The molecule has 35 heavy (non-hydrogen) atoms. The van der Waals surface area contributed by atoms with Crippen LogP contribution in [0, 0.1) is 0 Å². The third-order valence-electron chi connectivity index (χ3n) is 6.00. The fourth-order valence-corrected chi connectivity index (χ4v) is 4.19. The summed E-state index contributed by atoms with van der Waals surface area (Å²) in [5.74, 6) is 1.72. The van der Waals surface area contributed by atoms with Crippen LogP contribution >= 0.6 is 0 Å². The molecule has 0 saturated heterocycles. The molecule has 180 valence electrons. The molecule has 0 N–H and O–H groups in total. The second-order valence-corrected chi connectivity index (χ2v) is 8.18. The number of benzene rings is 2. The van der Waals surface area contributed by atoms with E-state index in [1.165, 1.54) is 11.6 Å². The molecule has 0 fully saturated rings. The number of hydrogen-bond donors (Lipinski definition) is 0. The summed E-state index contributed by atoms with van der Waals surface area (Å²) < 4.78 is 17.5. The Hall–Kier alpha value is -4.18. The van der Waals surface area contributed by atoms with Crippen molar-refractivity contribution in [3.05, 3.63) is 81.0 Å². The van der Waals surface area contributed by atoms with Gasteiger partial charge in [0.2, 0.25) is 5.78 Å². The van der Waals surface area contributed by atoms with E-state index in [1.54, 1.807) is 16.0 Å². The zero-order valence-electron chi connectivity index (χ0n) is 19.8. The summed E-state index contributed by atoms with van der Waals surface area (Å²) in [5.41, 5.74) is 1.87. The smallest absolute Gasteiger partial charge is 0.332 e. The van der Waals surface area contributed by atoms with Crippen molar-refractivity contribution in [1.82, 2.24) is 28.3 Å². The minimum Gasteiger partial charge on any atom is -0.489 e. The molecule has 0 spiro atoms. The molecule has 0 atom stereocenters. The lowest BCUT2D eigenvalue weighted by atomic mass is 10.2. The second kappa shape index (κ2) is 9.22. The van der Waals surface area contributed by atoms with E-state index in [-0.39, 0.29) is 5.56 Å². The number of ether oxygens (including phenoxy) is 2. The van der Waals surface area contributed by atoms with E-state index in [0.717, 1.165) is 21.4 Å². The zero-order chi connectivity index (χ0) is 24.5. The normalized spacial score (nSPS) is 11.5. The van der Waals surface area contributed by atoms with Crippen molar-refractivity contribution in [2.45, 2.75) is 20.1 Å². The van der Waals surface area contributed by atoms with Crippen LogP contribution in [0.4, 0.5) is 0 Å². The first kappa shape index (κ1) is 22.6. The van der Waals surface area contributed by atoms with Gasteiger partial charge in [-0.05, 0) is 36.8 Å². The molecule has 0 aliphatic rings. The van der Waals surface area contributed by atoms with Gasteiger partial charge in [-0.25, -0.2) is 9.20 Å². The van der Waals surface area contributed by atoms with Gasteiger partial charge in [0.05, 0.1) is 6.61 Å². The van der Waals surface area contributed by atoms with Gasteiger partial charge in [-0.3, -0.25) is 13.9 Å². The van der Waals surface area contributed by atoms with Crippen LogP contribution in [0.1, 0.15) is 12.5 Å². The lowest BCUT2D eigenvalue weighted by Crippen LogP contribution is -2.38. The molecule has 10 nitrogen and oxygen atoms in total. The lowest BCUT2D eigenvalue weighted by molar-refractivity contribution is 0.140. The van der Waals surface area contributed by atoms with Crippen LogP contribution in [0.2, 0.25) is 0 Å². The van der Waals surface area contributed by atoms with Gasteiger partial charge in [0.25, 0.3) is 5.56 Å². The van der Waals surface area contributed by atoms with Gasteiger partial charge in [-0.2, -0.15) is 0 Å². The van der Waals surface area contributed by atoms with Gasteiger partial charge in [0.15, 0.2) is 17.0 Å². The predicted octanol–water partition coefficient (Wildman–Crippen LogP) is 2.36. The number of aryl methyl sites for hydroxylation is 1. The average molecular weight is 475 g/mol. The summed E-state index contributed by atoms with van der Waals surface area (Å²) in [6.45, 7) is 3.74. The average Bonchev–Trinajstić information content (AvgIpc) is 3.45. The van der Waals surface area contributed by atoms with Gasteiger partial charge in [-0.1, -0.05) is 30.3 Å². The van der Waals surface area contributed by atoms with Crippen molar-refractivity contribution in [3.63, 3.8) is 0 Å². The van der Waals surface area contributed by atoms with Crippen LogP contribution in [-0.4, -0.2) is 41.5 Å². The molecule has 10 heteroatoms. The Labute approximate surface area is 200 Å². The van der Waals surface area contributed by atoms with Gasteiger partial charge >= 0.3 is 5.69 Å². The molecule has 5 aromatic rings. The first-order chi connectivity index (χ1) is 17.0. The second-order valence-electron chi connectivity index (χ2n) is 8.18. The first-order valence-electron chi connectivity index (χ1n) is 11.4. The van der Waals surface area contributed by atoms with Crippen molar-refractivity contribution >= 4 is 16.9 Å².